The third-order valence-electron chi connectivity index (χ3n) is 1.88. The van der Waals surface area contributed by atoms with Crippen molar-refractivity contribution in [2.75, 3.05) is 0 Å². The fraction of sp³-hybridized carbons (Fsp3) is 0.364. The molecule has 0 aromatic heterocycles. The molecule has 0 bridgehead atoms. The van der Waals surface area contributed by atoms with E-state index >= 15 is 0 Å². The average molecular weight is 175 g/mol. The summed E-state index contributed by atoms with van der Waals surface area (Å²) >= 11 is 0. The smallest absolute Gasteiger partial charge is 0.0710 e. The van der Waals surface area contributed by atoms with Gasteiger partial charge in [-0.2, -0.15) is 5.26 Å². The molecule has 0 radical (unpaired) electrons. The molecule has 0 heterocycles. The van der Waals surface area contributed by atoms with Gasteiger partial charge in [0.25, 0.3) is 0 Å². The zero-order chi connectivity index (χ0) is 9.68. The third kappa shape index (κ3) is 3.27. The predicted octanol–water partition coefficient (Wildman–Crippen LogP) is 1.81. The molecule has 2 nitrogen and oxygen atoms in total. The molecule has 0 aliphatic rings. The van der Waals surface area contributed by atoms with E-state index in [1.54, 1.807) is 0 Å². The first-order chi connectivity index (χ1) is 6.22. The summed E-state index contributed by atoms with van der Waals surface area (Å²) < 4.78 is 0. The van der Waals surface area contributed by atoms with Gasteiger partial charge in [-0.3, -0.25) is 0 Å². The van der Waals surface area contributed by atoms with Crippen molar-refractivity contribution in [2.45, 2.75) is 25.9 Å². The van der Waals surface area contributed by atoms with Gasteiger partial charge in [0.05, 0.1) is 18.6 Å². The minimum Gasteiger partial charge on any atom is -0.392 e. The van der Waals surface area contributed by atoms with E-state index in [9.17, 15) is 5.11 Å². The molecular formula is C11H13NO. The number of nitrogens with zero attached hydrogens (tertiary/aromatic N) is 1. The summed E-state index contributed by atoms with van der Waals surface area (Å²) in [5.74, 6) is 0. The standard InChI is InChI=1S/C11H13NO/c1-9-3-2-4-10(7-9)8-11(13)5-6-12/h2-4,7,11,13H,5,8H2,1H3. The van der Waals surface area contributed by atoms with E-state index in [1.807, 2.05) is 37.3 Å². The Bertz CT molecular complexity index is 314. The van der Waals surface area contributed by atoms with E-state index in [2.05, 4.69) is 0 Å². The van der Waals surface area contributed by atoms with Crippen molar-refractivity contribution in [1.29, 1.82) is 5.26 Å². The van der Waals surface area contributed by atoms with E-state index in [0.29, 0.717) is 6.42 Å². The van der Waals surface area contributed by atoms with Crippen molar-refractivity contribution >= 4 is 0 Å². The molecule has 68 valence electrons. The van der Waals surface area contributed by atoms with Crippen LogP contribution in [0.25, 0.3) is 0 Å². The normalized spacial score (nSPS) is 12.1. The highest BCUT2D eigenvalue weighted by molar-refractivity contribution is 5.22. The lowest BCUT2D eigenvalue weighted by Gasteiger charge is -2.06. The van der Waals surface area contributed by atoms with Gasteiger partial charge in [-0.05, 0) is 18.9 Å². The maximum atomic E-state index is 9.37. The molecule has 2 heteroatoms. The molecule has 1 aromatic carbocycles. The second-order valence-electron chi connectivity index (χ2n) is 3.21. The summed E-state index contributed by atoms with van der Waals surface area (Å²) in [4.78, 5) is 0. The van der Waals surface area contributed by atoms with Crippen LogP contribution in [-0.4, -0.2) is 11.2 Å². The predicted molar refractivity (Wildman–Crippen MR) is 51.1 cm³/mol. The molecule has 1 unspecified atom stereocenters. The van der Waals surface area contributed by atoms with Crippen LogP contribution in [0.4, 0.5) is 0 Å². The molecule has 13 heavy (non-hydrogen) atoms. The van der Waals surface area contributed by atoms with E-state index in [-0.39, 0.29) is 6.42 Å². The van der Waals surface area contributed by atoms with Crippen LogP contribution in [0.2, 0.25) is 0 Å². The van der Waals surface area contributed by atoms with Crippen LogP contribution in [0.15, 0.2) is 24.3 Å². The second kappa shape index (κ2) is 4.64. The Morgan fingerprint density at radius 3 is 2.92 bits per heavy atom. The van der Waals surface area contributed by atoms with Gasteiger partial charge in [-0.1, -0.05) is 29.8 Å². The number of aliphatic hydroxyl groups excluding tert-OH is 1. The first-order valence-corrected chi connectivity index (χ1v) is 4.33. The number of benzene rings is 1. The molecule has 0 aliphatic heterocycles. The van der Waals surface area contributed by atoms with Crippen LogP contribution in [-0.2, 0) is 6.42 Å². The maximum absolute atomic E-state index is 9.37. The van der Waals surface area contributed by atoms with Crippen molar-refractivity contribution in [1.82, 2.24) is 0 Å². The second-order valence-corrected chi connectivity index (χ2v) is 3.21. The van der Waals surface area contributed by atoms with Crippen molar-refractivity contribution in [3.63, 3.8) is 0 Å². The van der Waals surface area contributed by atoms with Crippen LogP contribution >= 0.6 is 0 Å². The van der Waals surface area contributed by atoms with Gasteiger partial charge in [-0.25, -0.2) is 0 Å². The SMILES string of the molecule is Cc1cccc(CC(O)CC#N)c1. The minimum atomic E-state index is -0.535. The molecule has 1 rings (SSSR count). The molecule has 1 N–H and O–H groups in total. The van der Waals surface area contributed by atoms with Crippen molar-refractivity contribution in [3.05, 3.63) is 35.4 Å². The first kappa shape index (κ1) is 9.76. The molecular weight excluding hydrogens is 162 g/mol. The maximum Gasteiger partial charge on any atom is 0.0710 e. The number of aliphatic hydroxyl groups is 1. The van der Waals surface area contributed by atoms with Gasteiger partial charge >= 0.3 is 0 Å². The summed E-state index contributed by atoms with van der Waals surface area (Å²) in [6.07, 6.45) is 0.232. The van der Waals surface area contributed by atoms with Crippen LogP contribution in [0.3, 0.4) is 0 Å². The Labute approximate surface area is 78.4 Å². The van der Waals surface area contributed by atoms with E-state index in [0.717, 1.165) is 5.56 Å². The van der Waals surface area contributed by atoms with Crippen LogP contribution in [0.1, 0.15) is 17.5 Å². The third-order valence-corrected chi connectivity index (χ3v) is 1.88. The number of rotatable bonds is 3. The van der Waals surface area contributed by atoms with E-state index < -0.39 is 6.10 Å². The Hall–Kier alpha value is -1.33. The Morgan fingerprint density at radius 1 is 1.54 bits per heavy atom. The Balaban J connectivity index is 2.59. The van der Waals surface area contributed by atoms with Crippen LogP contribution < -0.4 is 0 Å². The summed E-state index contributed by atoms with van der Waals surface area (Å²) in [6, 6.07) is 9.92. The number of aryl methyl sites for hydroxylation is 1. The quantitative estimate of drug-likeness (QED) is 0.761. The molecule has 0 saturated carbocycles. The molecule has 0 amide bonds. The summed E-state index contributed by atoms with van der Waals surface area (Å²) in [5, 5.41) is 17.7. The Morgan fingerprint density at radius 2 is 2.31 bits per heavy atom. The fourth-order valence-electron chi connectivity index (χ4n) is 1.29. The van der Waals surface area contributed by atoms with Crippen molar-refractivity contribution in [3.8, 4) is 6.07 Å². The van der Waals surface area contributed by atoms with Crippen molar-refractivity contribution < 1.29 is 5.11 Å². The molecule has 0 fully saturated rings. The number of nitriles is 1. The highest BCUT2D eigenvalue weighted by Gasteiger charge is 2.04. The number of hydrogen-bond donors (Lipinski definition) is 1. The fourth-order valence-corrected chi connectivity index (χ4v) is 1.29. The van der Waals surface area contributed by atoms with Gasteiger partial charge in [-0.15, -0.1) is 0 Å². The first-order valence-electron chi connectivity index (χ1n) is 4.33. The topological polar surface area (TPSA) is 44.0 Å². The molecule has 0 spiro atoms. The highest BCUT2D eigenvalue weighted by Crippen LogP contribution is 2.07. The lowest BCUT2D eigenvalue weighted by molar-refractivity contribution is 0.180. The monoisotopic (exact) mass is 175 g/mol. The van der Waals surface area contributed by atoms with E-state index in [4.69, 9.17) is 5.26 Å². The van der Waals surface area contributed by atoms with E-state index in [1.165, 1.54) is 5.56 Å². The van der Waals surface area contributed by atoms with Gasteiger partial charge < -0.3 is 5.11 Å². The molecule has 0 saturated heterocycles. The highest BCUT2D eigenvalue weighted by atomic mass is 16.3. The number of hydrogen-bond acceptors (Lipinski definition) is 2. The minimum absolute atomic E-state index is 0.202. The summed E-state index contributed by atoms with van der Waals surface area (Å²) in [7, 11) is 0. The lowest BCUT2D eigenvalue weighted by Crippen LogP contribution is -2.08. The van der Waals surface area contributed by atoms with Crippen molar-refractivity contribution in [2.24, 2.45) is 0 Å². The van der Waals surface area contributed by atoms with Gasteiger partial charge in [0.2, 0.25) is 0 Å². The largest absolute Gasteiger partial charge is 0.392 e. The van der Waals surface area contributed by atoms with Gasteiger partial charge in [0, 0.05) is 0 Å². The molecule has 0 aliphatic carbocycles. The summed E-state index contributed by atoms with van der Waals surface area (Å²) in [5.41, 5.74) is 2.27. The Kier molecular flexibility index (Phi) is 3.48. The molecule has 1 atom stereocenters. The van der Waals surface area contributed by atoms with Crippen LogP contribution in [0.5, 0.6) is 0 Å². The van der Waals surface area contributed by atoms with Crippen LogP contribution in [0, 0.1) is 18.3 Å². The lowest BCUT2D eigenvalue weighted by atomic mass is 10.0. The molecule has 1 aromatic rings. The average Bonchev–Trinajstić information content (AvgIpc) is 2.04. The summed E-state index contributed by atoms with van der Waals surface area (Å²) in [6.45, 7) is 2.01. The van der Waals surface area contributed by atoms with Gasteiger partial charge in [0.1, 0.15) is 0 Å². The zero-order valence-corrected chi connectivity index (χ0v) is 7.70. The zero-order valence-electron chi connectivity index (χ0n) is 7.70. The van der Waals surface area contributed by atoms with Gasteiger partial charge in [0.15, 0.2) is 0 Å².